The van der Waals surface area contributed by atoms with Crippen molar-refractivity contribution in [1.82, 2.24) is 25.6 Å². The van der Waals surface area contributed by atoms with Crippen molar-refractivity contribution in [1.29, 1.82) is 5.26 Å². The Morgan fingerprint density at radius 3 is 2.79 bits per heavy atom. The van der Waals surface area contributed by atoms with Gasteiger partial charge in [-0.15, -0.1) is 0 Å². The highest BCUT2D eigenvalue weighted by Gasteiger charge is 2.27. The lowest BCUT2D eigenvalue weighted by Gasteiger charge is -2.14. The van der Waals surface area contributed by atoms with Crippen molar-refractivity contribution in [3.63, 3.8) is 0 Å². The van der Waals surface area contributed by atoms with Crippen molar-refractivity contribution in [3.8, 4) is 6.07 Å². The van der Waals surface area contributed by atoms with Crippen molar-refractivity contribution >= 4 is 23.0 Å². The first-order valence-electron chi connectivity index (χ1n) is 7.84. The number of nitriles is 1. The van der Waals surface area contributed by atoms with Gasteiger partial charge in [0.1, 0.15) is 17.6 Å². The summed E-state index contributed by atoms with van der Waals surface area (Å²) in [5.74, 6) is -0.386. The summed E-state index contributed by atoms with van der Waals surface area (Å²) >= 11 is 0. The zero-order chi connectivity index (χ0) is 17.3. The third-order valence-corrected chi connectivity index (χ3v) is 3.93. The van der Waals surface area contributed by atoms with Gasteiger partial charge in [0.15, 0.2) is 5.65 Å². The lowest BCUT2D eigenvalue weighted by atomic mass is 10.2. The number of amides is 2. The minimum atomic E-state index is -0.766. The molecule has 1 saturated carbocycles. The molecule has 0 bridgehead atoms. The van der Waals surface area contributed by atoms with Crippen LogP contribution in [0.15, 0.2) is 12.4 Å². The van der Waals surface area contributed by atoms with E-state index in [1.54, 1.807) is 26.2 Å². The number of H-pyrrole nitrogens is 1. The minimum absolute atomic E-state index is 0.355. The molecule has 0 spiro atoms. The molecule has 1 aliphatic carbocycles. The predicted molar refractivity (Wildman–Crippen MR) is 86.0 cm³/mol. The number of carbonyl (C=O) groups excluding carboxylic acids is 2. The van der Waals surface area contributed by atoms with E-state index in [0.717, 1.165) is 18.5 Å². The van der Waals surface area contributed by atoms with Crippen LogP contribution in [0.5, 0.6) is 0 Å². The summed E-state index contributed by atoms with van der Waals surface area (Å²) < 4.78 is 0. The van der Waals surface area contributed by atoms with E-state index in [1.807, 2.05) is 6.07 Å². The van der Waals surface area contributed by atoms with Crippen LogP contribution < -0.4 is 10.6 Å². The lowest BCUT2D eigenvalue weighted by molar-refractivity contribution is -0.122. The molecule has 3 N–H and O–H groups in total. The highest BCUT2D eigenvalue weighted by atomic mass is 16.2. The van der Waals surface area contributed by atoms with Gasteiger partial charge in [0.2, 0.25) is 5.91 Å². The SMILES string of the molecule is CC(NC(=O)c1c[nH]c2ncc(C3CC3)nc12)C(=O)N[C@H](C)C#N. The molecular formula is C16H18N6O2. The molecule has 3 rings (SSSR count). The van der Waals surface area contributed by atoms with E-state index < -0.39 is 23.9 Å². The standard InChI is InChI=1S/C16H18N6O2/c1-8(5-17)20-15(23)9(2)21-16(24)11-6-18-14-13(11)22-12(7-19-14)10-3-4-10/h6-10H,3-4H2,1-2H3,(H,18,19)(H,20,23)(H,21,24)/t8-,9?/m1/s1. The molecule has 2 aromatic heterocycles. The van der Waals surface area contributed by atoms with Crippen LogP contribution in [0.1, 0.15) is 48.7 Å². The molecule has 8 heteroatoms. The molecule has 2 amide bonds. The summed E-state index contributed by atoms with van der Waals surface area (Å²) in [6, 6.07) is 0.531. The summed E-state index contributed by atoms with van der Waals surface area (Å²) in [4.78, 5) is 36.1. The summed E-state index contributed by atoms with van der Waals surface area (Å²) in [6.45, 7) is 3.13. The van der Waals surface area contributed by atoms with Crippen LogP contribution in [0, 0.1) is 11.3 Å². The number of aromatic nitrogens is 3. The quantitative estimate of drug-likeness (QED) is 0.755. The second-order valence-corrected chi connectivity index (χ2v) is 6.02. The normalized spacial score (nSPS) is 16.2. The maximum atomic E-state index is 12.4. The van der Waals surface area contributed by atoms with Crippen LogP contribution in [0.4, 0.5) is 0 Å². The second-order valence-electron chi connectivity index (χ2n) is 6.02. The molecule has 0 radical (unpaired) electrons. The Morgan fingerprint density at radius 2 is 2.12 bits per heavy atom. The average Bonchev–Trinajstić information content (AvgIpc) is 3.33. The van der Waals surface area contributed by atoms with Crippen LogP contribution in [-0.4, -0.2) is 38.8 Å². The summed E-state index contributed by atoms with van der Waals surface area (Å²) in [6.07, 6.45) is 5.47. The smallest absolute Gasteiger partial charge is 0.255 e. The Hall–Kier alpha value is -2.95. The molecular weight excluding hydrogens is 308 g/mol. The van der Waals surface area contributed by atoms with E-state index in [2.05, 4.69) is 25.6 Å². The third kappa shape index (κ3) is 3.20. The largest absolute Gasteiger partial charge is 0.344 e. The van der Waals surface area contributed by atoms with Crippen molar-refractivity contribution < 1.29 is 9.59 Å². The van der Waals surface area contributed by atoms with Crippen LogP contribution in [0.3, 0.4) is 0 Å². The van der Waals surface area contributed by atoms with Crippen molar-refractivity contribution in [2.24, 2.45) is 0 Å². The van der Waals surface area contributed by atoms with E-state index in [1.165, 1.54) is 0 Å². The summed E-state index contributed by atoms with van der Waals surface area (Å²) in [7, 11) is 0. The van der Waals surface area contributed by atoms with Crippen molar-refractivity contribution in [2.75, 3.05) is 0 Å². The lowest BCUT2D eigenvalue weighted by Crippen LogP contribution is -2.47. The van der Waals surface area contributed by atoms with Gasteiger partial charge in [-0.1, -0.05) is 0 Å². The topological polar surface area (TPSA) is 124 Å². The highest BCUT2D eigenvalue weighted by molar-refractivity contribution is 6.05. The van der Waals surface area contributed by atoms with Gasteiger partial charge in [0.05, 0.1) is 23.5 Å². The van der Waals surface area contributed by atoms with Gasteiger partial charge in [-0.25, -0.2) is 9.97 Å². The van der Waals surface area contributed by atoms with Crippen molar-refractivity contribution in [2.45, 2.75) is 44.7 Å². The Labute approximate surface area is 138 Å². The van der Waals surface area contributed by atoms with Gasteiger partial charge in [-0.3, -0.25) is 9.59 Å². The fourth-order valence-corrected chi connectivity index (χ4v) is 2.36. The van der Waals surface area contributed by atoms with Gasteiger partial charge in [-0.05, 0) is 26.7 Å². The first kappa shape index (κ1) is 15.9. The molecule has 124 valence electrons. The number of hydrogen-bond donors (Lipinski definition) is 3. The molecule has 8 nitrogen and oxygen atoms in total. The third-order valence-electron chi connectivity index (χ3n) is 3.93. The molecule has 24 heavy (non-hydrogen) atoms. The number of nitrogens with one attached hydrogen (secondary N) is 3. The van der Waals surface area contributed by atoms with Crippen LogP contribution in [0.2, 0.25) is 0 Å². The molecule has 2 atom stereocenters. The molecule has 0 aromatic carbocycles. The molecule has 0 aliphatic heterocycles. The van der Waals surface area contributed by atoms with E-state index in [9.17, 15) is 9.59 Å². The van der Waals surface area contributed by atoms with E-state index >= 15 is 0 Å². The van der Waals surface area contributed by atoms with Crippen LogP contribution in [-0.2, 0) is 4.79 Å². The first-order valence-corrected chi connectivity index (χ1v) is 7.84. The predicted octanol–water partition coefficient (Wildman–Crippen LogP) is 0.982. The number of fused-ring (bicyclic) bond motifs is 1. The molecule has 2 aromatic rings. The van der Waals surface area contributed by atoms with Gasteiger partial charge >= 0.3 is 0 Å². The maximum Gasteiger partial charge on any atom is 0.255 e. The summed E-state index contributed by atoms with van der Waals surface area (Å²) in [5.41, 5.74) is 2.30. The zero-order valence-electron chi connectivity index (χ0n) is 13.5. The van der Waals surface area contributed by atoms with E-state index in [4.69, 9.17) is 5.26 Å². The van der Waals surface area contributed by atoms with Gasteiger partial charge in [0, 0.05) is 12.1 Å². The Balaban J connectivity index is 1.75. The molecule has 1 unspecified atom stereocenters. The molecule has 2 heterocycles. The Kier molecular flexibility index (Phi) is 4.16. The Morgan fingerprint density at radius 1 is 1.38 bits per heavy atom. The second kappa shape index (κ2) is 6.28. The van der Waals surface area contributed by atoms with Gasteiger partial charge in [0.25, 0.3) is 5.91 Å². The van der Waals surface area contributed by atoms with Crippen LogP contribution in [0.25, 0.3) is 11.2 Å². The zero-order valence-corrected chi connectivity index (χ0v) is 13.5. The van der Waals surface area contributed by atoms with Gasteiger partial charge < -0.3 is 15.6 Å². The van der Waals surface area contributed by atoms with Crippen molar-refractivity contribution in [3.05, 3.63) is 23.7 Å². The number of carbonyl (C=O) groups is 2. The molecule has 0 saturated heterocycles. The van der Waals surface area contributed by atoms with E-state index in [-0.39, 0.29) is 0 Å². The highest BCUT2D eigenvalue weighted by Crippen LogP contribution is 2.39. The van der Waals surface area contributed by atoms with Crippen LogP contribution >= 0.6 is 0 Å². The Bertz CT molecular complexity index is 833. The average molecular weight is 326 g/mol. The number of nitrogens with zero attached hydrogens (tertiary/aromatic N) is 3. The monoisotopic (exact) mass is 326 g/mol. The fraction of sp³-hybridized carbons (Fsp3) is 0.438. The maximum absolute atomic E-state index is 12.4. The number of aromatic amines is 1. The number of hydrogen-bond acceptors (Lipinski definition) is 5. The fourth-order valence-electron chi connectivity index (χ4n) is 2.36. The molecule has 1 aliphatic rings. The molecule has 1 fully saturated rings. The van der Waals surface area contributed by atoms with Gasteiger partial charge in [-0.2, -0.15) is 5.26 Å². The first-order chi connectivity index (χ1) is 11.5. The minimum Gasteiger partial charge on any atom is -0.344 e. The van der Waals surface area contributed by atoms with E-state index in [0.29, 0.717) is 22.6 Å². The summed E-state index contributed by atoms with van der Waals surface area (Å²) in [5, 5.41) is 13.8. The number of rotatable bonds is 5.